The number of para-hydroxylation sites is 2. The summed E-state index contributed by atoms with van der Waals surface area (Å²) >= 11 is 0. The molecular weight excluding hydrogens is 674 g/mol. The van der Waals surface area contributed by atoms with Gasteiger partial charge in [0.1, 0.15) is 0 Å². The number of carbonyl (C=O) groups is 2. The van der Waals surface area contributed by atoms with E-state index in [1.54, 1.807) is 27.6 Å². The van der Waals surface area contributed by atoms with E-state index in [0.29, 0.717) is 54.1 Å². The van der Waals surface area contributed by atoms with Crippen LogP contribution >= 0.6 is 0 Å². The maximum Gasteiger partial charge on any atom is 0.268 e. The van der Waals surface area contributed by atoms with Gasteiger partial charge in [0.15, 0.2) is 5.60 Å². The Labute approximate surface area is 303 Å². The Hall–Kier alpha value is -4.97. The Morgan fingerprint density at radius 1 is 0.904 bits per heavy atom. The van der Waals surface area contributed by atoms with Gasteiger partial charge in [0, 0.05) is 47.6 Å². The molecular formula is C41H42FN5O4Si. The average Bonchev–Trinajstić information content (AvgIpc) is 3.81. The first-order valence-electron chi connectivity index (χ1n) is 18.0. The van der Waals surface area contributed by atoms with E-state index in [2.05, 4.69) is 10.3 Å². The summed E-state index contributed by atoms with van der Waals surface area (Å²) in [5, 5.41) is 18.9. The van der Waals surface area contributed by atoms with Crippen LogP contribution in [0.5, 0.6) is 0 Å². The van der Waals surface area contributed by atoms with E-state index in [1.165, 1.54) is 0 Å². The van der Waals surface area contributed by atoms with Gasteiger partial charge >= 0.3 is 0 Å². The van der Waals surface area contributed by atoms with Gasteiger partial charge in [-0.3, -0.25) is 24.1 Å². The fourth-order valence-corrected chi connectivity index (χ4v) is 11.4. The minimum absolute atomic E-state index is 0.0201. The lowest BCUT2D eigenvalue weighted by atomic mass is 9.82. The summed E-state index contributed by atoms with van der Waals surface area (Å²) in [5.41, 5.74) is 4.15. The van der Waals surface area contributed by atoms with E-state index in [4.69, 9.17) is 4.74 Å². The number of aliphatic hydroxyl groups excluding tert-OH is 1. The molecule has 0 radical (unpaired) electrons. The summed E-state index contributed by atoms with van der Waals surface area (Å²) in [6.45, 7) is 5.60. The van der Waals surface area contributed by atoms with Crippen molar-refractivity contribution in [1.82, 2.24) is 15.0 Å². The maximum atomic E-state index is 16.6. The first kappa shape index (κ1) is 34.1. The smallest absolute Gasteiger partial charge is 0.268 e. The fraction of sp³-hybridized carbons (Fsp3) is 0.317. The number of amides is 2. The van der Waals surface area contributed by atoms with E-state index in [9.17, 15) is 9.90 Å². The summed E-state index contributed by atoms with van der Waals surface area (Å²) in [6, 6.07) is 32.7. The molecule has 1 spiro atoms. The molecule has 1 unspecified atom stereocenters. The SMILES string of the molecule is C[C@H]1[C@H]([Si](C)(C)F)[C@@H](CCn2cc(C(CO)c3ccccc3)nn2)O[C@]12C(=O)N(c1ccccc1)c1ccc(N3C(=O)CCc4ccccc43)cc12. The van der Waals surface area contributed by atoms with Gasteiger partial charge in [-0.2, -0.15) is 0 Å². The van der Waals surface area contributed by atoms with Crippen LogP contribution in [0.4, 0.5) is 26.9 Å². The Balaban J connectivity index is 1.18. The molecule has 9 nitrogen and oxygen atoms in total. The number of halogens is 1. The van der Waals surface area contributed by atoms with Gasteiger partial charge in [-0.25, -0.2) is 0 Å². The van der Waals surface area contributed by atoms with Gasteiger partial charge in [-0.1, -0.05) is 78.9 Å². The van der Waals surface area contributed by atoms with Crippen LogP contribution in [0.2, 0.25) is 18.6 Å². The predicted molar refractivity (Wildman–Crippen MR) is 200 cm³/mol. The second-order valence-corrected chi connectivity index (χ2v) is 18.4. The van der Waals surface area contributed by atoms with Gasteiger partial charge in [-0.05, 0) is 73.5 Å². The molecule has 3 aliphatic heterocycles. The van der Waals surface area contributed by atoms with Crippen molar-refractivity contribution in [1.29, 1.82) is 0 Å². The topological polar surface area (TPSA) is 101 Å². The van der Waals surface area contributed by atoms with Crippen molar-refractivity contribution in [2.45, 2.75) is 69.0 Å². The fourth-order valence-electron chi connectivity index (χ4n) is 8.81. The standard InChI is InChI=1S/C41H42FN5O4Si/c1-27-39(52(2,3)42)37(22-23-45-25-34(43-44-45)32(26-48)28-12-6-4-7-13-28)51-41(27)33-24-31(46-35-17-11-10-14-29(35)18-21-38(46)49)19-20-36(33)47(40(41)50)30-15-8-5-9-16-30/h4-17,19-20,24-25,27,32,37,39,48H,18,21-23,26H2,1-3H3/t27-,32?,37+,39-,41+/m0/s1. The van der Waals surface area contributed by atoms with Crippen LogP contribution in [-0.4, -0.2) is 53.0 Å². The van der Waals surface area contributed by atoms with Crippen LogP contribution in [0.15, 0.2) is 109 Å². The Morgan fingerprint density at radius 2 is 1.62 bits per heavy atom. The second-order valence-electron chi connectivity index (χ2n) is 14.6. The van der Waals surface area contributed by atoms with Gasteiger partial charge in [0.2, 0.25) is 14.3 Å². The zero-order valence-electron chi connectivity index (χ0n) is 29.5. The van der Waals surface area contributed by atoms with Crippen LogP contribution < -0.4 is 9.80 Å². The number of hydrogen-bond acceptors (Lipinski definition) is 6. The molecule has 3 aliphatic rings. The number of anilines is 4. The van der Waals surface area contributed by atoms with E-state index >= 15 is 8.90 Å². The third-order valence-corrected chi connectivity index (χ3v) is 13.6. The normalized spacial score (nSPS) is 23.3. The Kier molecular flexibility index (Phi) is 8.67. The van der Waals surface area contributed by atoms with Crippen molar-refractivity contribution in [2.75, 3.05) is 16.4 Å². The van der Waals surface area contributed by atoms with E-state index in [0.717, 1.165) is 16.8 Å². The number of benzene rings is 4. The molecule has 5 atom stereocenters. The van der Waals surface area contributed by atoms with Crippen LogP contribution in [0.25, 0.3) is 0 Å². The molecule has 0 saturated carbocycles. The quantitative estimate of drug-likeness (QED) is 0.125. The minimum Gasteiger partial charge on any atom is -0.395 e. The highest BCUT2D eigenvalue weighted by Crippen LogP contribution is 2.61. The minimum atomic E-state index is -3.44. The first-order chi connectivity index (χ1) is 25.1. The zero-order valence-corrected chi connectivity index (χ0v) is 30.5. The highest BCUT2D eigenvalue weighted by atomic mass is 28.4. The van der Waals surface area contributed by atoms with Crippen LogP contribution in [0.1, 0.15) is 48.1 Å². The molecule has 5 aromatic rings. The summed E-state index contributed by atoms with van der Waals surface area (Å²) in [4.78, 5) is 32.0. The van der Waals surface area contributed by atoms with Crippen molar-refractivity contribution < 1.29 is 23.5 Å². The van der Waals surface area contributed by atoms with Crippen LogP contribution in [0, 0.1) is 5.92 Å². The number of rotatable bonds is 9. The Morgan fingerprint density at radius 3 is 2.35 bits per heavy atom. The summed E-state index contributed by atoms with van der Waals surface area (Å²) in [6.07, 6.45) is 2.68. The van der Waals surface area contributed by atoms with Gasteiger partial charge in [-0.15, -0.1) is 5.10 Å². The highest BCUT2D eigenvalue weighted by molar-refractivity contribution is 6.72. The van der Waals surface area contributed by atoms with E-state index in [-0.39, 0.29) is 24.3 Å². The number of carbonyl (C=O) groups excluding carboxylic acids is 2. The molecule has 0 bridgehead atoms. The molecule has 1 saturated heterocycles. The number of nitrogens with zero attached hydrogens (tertiary/aromatic N) is 5. The summed E-state index contributed by atoms with van der Waals surface area (Å²) in [7, 11) is -3.44. The van der Waals surface area contributed by atoms with Crippen molar-refractivity contribution in [3.05, 3.63) is 132 Å². The van der Waals surface area contributed by atoms with Crippen molar-refractivity contribution in [3.8, 4) is 0 Å². The molecule has 1 aromatic heterocycles. The zero-order chi connectivity index (χ0) is 36.2. The second kappa shape index (κ2) is 13.2. The molecule has 52 heavy (non-hydrogen) atoms. The lowest BCUT2D eigenvalue weighted by Gasteiger charge is -2.32. The van der Waals surface area contributed by atoms with Crippen LogP contribution in [-0.2, 0) is 32.9 Å². The van der Waals surface area contributed by atoms with Crippen molar-refractivity contribution in [2.24, 2.45) is 5.92 Å². The number of fused-ring (bicyclic) bond motifs is 3. The number of aromatic nitrogens is 3. The Bertz CT molecular complexity index is 2120. The molecule has 1 fully saturated rings. The molecule has 1 N–H and O–H groups in total. The molecule has 266 valence electrons. The lowest BCUT2D eigenvalue weighted by molar-refractivity contribution is -0.145. The summed E-state index contributed by atoms with van der Waals surface area (Å²) < 4.78 is 25.4. The molecule has 11 heteroatoms. The number of aliphatic hydroxyl groups is 1. The van der Waals surface area contributed by atoms with Gasteiger partial charge < -0.3 is 14.0 Å². The number of aryl methyl sites for hydroxylation is 2. The largest absolute Gasteiger partial charge is 0.395 e. The maximum absolute atomic E-state index is 16.6. The highest BCUT2D eigenvalue weighted by Gasteiger charge is 2.67. The number of hydrogen-bond donors (Lipinski definition) is 1. The monoisotopic (exact) mass is 715 g/mol. The van der Waals surface area contributed by atoms with Gasteiger partial charge in [0.05, 0.1) is 35.7 Å². The molecule has 4 heterocycles. The summed E-state index contributed by atoms with van der Waals surface area (Å²) in [5.74, 6) is -1.11. The molecule has 4 aromatic carbocycles. The van der Waals surface area contributed by atoms with E-state index in [1.807, 2.05) is 116 Å². The molecule has 8 rings (SSSR count). The van der Waals surface area contributed by atoms with Crippen LogP contribution in [0.3, 0.4) is 0 Å². The molecule has 2 amide bonds. The lowest BCUT2D eigenvalue weighted by Crippen LogP contribution is -2.44. The third kappa shape index (κ3) is 5.58. The van der Waals surface area contributed by atoms with Crippen molar-refractivity contribution in [3.63, 3.8) is 0 Å². The third-order valence-electron chi connectivity index (χ3n) is 11.2. The first-order valence-corrected chi connectivity index (χ1v) is 20.9. The van der Waals surface area contributed by atoms with E-state index < -0.39 is 31.6 Å². The van der Waals surface area contributed by atoms with Gasteiger partial charge in [0.25, 0.3) is 5.91 Å². The van der Waals surface area contributed by atoms with Crippen molar-refractivity contribution >= 4 is 43.0 Å². The predicted octanol–water partition coefficient (Wildman–Crippen LogP) is 7.56. The average molecular weight is 716 g/mol. The molecule has 0 aliphatic carbocycles. The number of ether oxygens (including phenoxy) is 1.